The molecule has 156 valence electrons. The van der Waals surface area contributed by atoms with Crippen molar-refractivity contribution in [2.75, 3.05) is 0 Å². The molecule has 0 aromatic heterocycles. The summed E-state index contributed by atoms with van der Waals surface area (Å²) in [6.07, 6.45) is 16.4. The molecule has 0 amide bonds. The first-order chi connectivity index (χ1) is 14.2. The Labute approximate surface area is 177 Å². The van der Waals surface area contributed by atoms with E-state index in [-0.39, 0.29) is 11.9 Å². The van der Waals surface area contributed by atoms with Crippen molar-refractivity contribution in [3.8, 4) is 17.6 Å². The number of allylic oxidation sites excluding steroid dienone is 2. The number of rotatable bonds is 5. The van der Waals surface area contributed by atoms with Crippen molar-refractivity contribution in [3.05, 3.63) is 42.0 Å². The number of hydrogen-bond donors (Lipinski definition) is 0. The molecule has 0 heterocycles. The van der Waals surface area contributed by atoms with Crippen molar-refractivity contribution in [1.29, 1.82) is 0 Å². The van der Waals surface area contributed by atoms with Crippen LogP contribution in [0.3, 0.4) is 0 Å². The minimum atomic E-state index is -0.0703. The molecule has 29 heavy (non-hydrogen) atoms. The van der Waals surface area contributed by atoms with Gasteiger partial charge in [-0.1, -0.05) is 44.6 Å². The summed E-state index contributed by atoms with van der Waals surface area (Å²) in [7, 11) is 0. The SMILES string of the molecule is CC[C@H]1CC[C@H](C=CC#Cc2ccc(OC(=O)[C@H]3CC[C@H](CC)CC3)cc2)CC1. The highest BCUT2D eigenvalue weighted by Gasteiger charge is 2.26. The van der Waals surface area contributed by atoms with Gasteiger partial charge in [0.05, 0.1) is 5.92 Å². The fraction of sp³-hybridized carbons (Fsp3) is 0.593. The Bertz CT molecular complexity index is 718. The Morgan fingerprint density at radius 2 is 1.52 bits per heavy atom. The van der Waals surface area contributed by atoms with E-state index in [0.29, 0.717) is 11.7 Å². The maximum Gasteiger partial charge on any atom is 0.314 e. The zero-order chi connectivity index (χ0) is 20.5. The van der Waals surface area contributed by atoms with Crippen molar-refractivity contribution in [2.24, 2.45) is 23.7 Å². The zero-order valence-electron chi connectivity index (χ0n) is 18.2. The highest BCUT2D eigenvalue weighted by Crippen LogP contribution is 2.32. The van der Waals surface area contributed by atoms with E-state index in [9.17, 15) is 4.79 Å². The van der Waals surface area contributed by atoms with Crippen LogP contribution in [-0.4, -0.2) is 5.97 Å². The summed E-state index contributed by atoms with van der Waals surface area (Å²) in [4.78, 5) is 12.4. The lowest BCUT2D eigenvalue weighted by Gasteiger charge is -2.26. The Hall–Kier alpha value is -2.01. The maximum absolute atomic E-state index is 12.4. The predicted octanol–water partition coefficient (Wildman–Crippen LogP) is 6.93. The van der Waals surface area contributed by atoms with Crippen molar-refractivity contribution in [1.82, 2.24) is 0 Å². The Kier molecular flexibility index (Phi) is 8.41. The van der Waals surface area contributed by atoms with Crippen LogP contribution in [-0.2, 0) is 4.79 Å². The Morgan fingerprint density at radius 1 is 0.931 bits per heavy atom. The normalized spacial score (nSPS) is 27.2. The molecule has 0 aliphatic heterocycles. The molecule has 0 radical (unpaired) electrons. The second kappa shape index (κ2) is 11.2. The quantitative estimate of drug-likeness (QED) is 0.308. The van der Waals surface area contributed by atoms with Gasteiger partial charge in [0, 0.05) is 5.56 Å². The smallest absolute Gasteiger partial charge is 0.314 e. The van der Waals surface area contributed by atoms with E-state index in [0.717, 1.165) is 43.1 Å². The lowest BCUT2D eigenvalue weighted by Crippen LogP contribution is -2.25. The second-order valence-corrected chi connectivity index (χ2v) is 8.89. The Balaban J connectivity index is 1.44. The van der Waals surface area contributed by atoms with E-state index in [1.54, 1.807) is 0 Å². The standard InChI is InChI=1S/C27H36O2/c1-3-21-9-11-23(12-10-21)7-5-6-8-24-15-19-26(20-16-24)29-27(28)25-17-13-22(4-2)14-18-25/h5,7,15-16,19-23,25H,3-4,9-14,17-18H2,1-2H3/t21-,22-,23-,25-. The van der Waals surface area contributed by atoms with Gasteiger partial charge in [-0.2, -0.15) is 0 Å². The monoisotopic (exact) mass is 392 g/mol. The number of esters is 1. The molecule has 0 saturated heterocycles. The molecule has 3 rings (SSSR count). The van der Waals surface area contributed by atoms with Gasteiger partial charge in [-0.05, 0) is 99.5 Å². The number of ether oxygens (including phenoxy) is 1. The summed E-state index contributed by atoms with van der Waals surface area (Å²) in [6.45, 7) is 4.54. The van der Waals surface area contributed by atoms with E-state index in [2.05, 4.69) is 31.8 Å². The number of carbonyl (C=O) groups excluding carboxylic acids is 1. The molecule has 0 N–H and O–H groups in total. The van der Waals surface area contributed by atoms with Gasteiger partial charge in [-0.25, -0.2) is 0 Å². The van der Waals surface area contributed by atoms with Crippen LogP contribution < -0.4 is 4.74 Å². The minimum Gasteiger partial charge on any atom is -0.426 e. The molecule has 0 atom stereocenters. The third-order valence-electron chi connectivity index (χ3n) is 6.97. The van der Waals surface area contributed by atoms with Crippen LogP contribution in [0.4, 0.5) is 0 Å². The average Bonchev–Trinajstić information content (AvgIpc) is 2.78. The number of benzene rings is 1. The third kappa shape index (κ3) is 6.77. The Morgan fingerprint density at radius 3 is 2.10 bits per heavy atom. The summed E-state index contributed by atoms with van der Waals surface area (Å²) in [6, 6.07) is 7.58. The van der Waals surface area contributed by atoms with Crippen LogP contribution in [0.5, 0.6) is 5.75 Å². The fourth-order valence-corrected chi connectivity index (χ4v) is 4.71. The van der Waals surface area contributed by atoms with Crippen molar-refractivity contribution >= 4 is 5.97 Å². The molecule has 1 aromatic rings. The molecule has 2 saturated carbocycles. The van der Waals surface area contributed by atoms with Crippen molar-refractivity contribution in [3.63, 3.8) is 0 Å². The van der Waals surface area contributed by atoms with Gasteiger partial charge < -0.3 is 4.74 Å². The van der Waals surface area contributed by atoms with Crippen LogP contribution in [0.2, 0.25) is 0 Å². The molecular formula is C27H36O2. The van der Waals surface area contributed by atoms with Crippen LogP contribution in [0.1, 0.15) is 83.6 Å². The number of carbonyl (C=O) groups is 1. The van der Waals surface area contributed by atoms with Crippen LogP contribution in [0, 0.1) is 35.5 Å². The third-order valence-corrected chi connectivity index (χ3v) is 6.97. The molecule has 0 spiro atoms. The van der Waals surface area contributed by atoms with Gasteiger partial charge in [0.2, 0.25) is 0 Å². The van der Waals surface area contributed by atoms with Gasteiger partial charge >= 0.3 is 5.97 Å². The van der Waals surface area contributed by atoms with Crippen molar-refractivity contribution in [2.45, 2.75) is 78.1 Å². The summed E-state index contributed by atoms with van der Waals surface area (Å²) in [5, 5.41) is 0. The van der Waals surface area contributed by atoms with Crippen LogP contribution in [0.25, 0.3) is 0 Å². The lowest BCUT2D eigenvalue weighted by atomic mass is 9.81. The van der Waals surface area contributed by atoms with E-state index >= 15 is 0 Å². The molecule has 0 unspecified atom stereocenters. The largest absolute Gasteiger partial charge is 0.426 e. The van der Waals surface area contributed by atoms with E-state index in [4.69, 9.17) is 4.74 Å². The average molecular weight is 393 g/mol. The molecule has 0 bridgehead atoms. The van der Waals surface area contributed by atoms with Gasteiger partial charge in [0.1, 0.15) is 5.75 Å². The summed E-state index contributed by atoms with van der Waals surface area (Å²) >= 11 is 0. The lowest BCUT2D eigenvalue weighted by molar-refractivity contribution is -0.140. The molecule has 1 aromatic carbocycles. The van der Waals surface area contributed by atoms with Crippen molar-refractivity contribution < 1.29 is 9.53 Å². The molecule has 2 aliphatic carbocycles. The van der Waals surface area contributed by atoms with Crippen LogP contribution in [0.15, 0.2) is 36.4 Å². The molecule has 2 fully saturated rings. The van der Waals surface area contributed by atoms with Gasteiger partial charge in [0.25, 0.3) is 0 Å². The summed E-state index contributed by atoms with van der Waals surface area (Å²) in [5.74, 6) is 9.38. The van der Waals surface area contributed by atoms with Gasteiger partial charge in [-0.3, -0.25) is 4.79 Å². The molecule has 2 heteroatoms. The molecular weight excluding hydrogens is 356 g/mol. The zero-order valence-corrected chi connectivity index (χ0v) is 18.2. The minimum absolute atomic E-state index is 0.0646. The molecule has 2 aliphatic rings. The van der Waals surface area contributed by atoms with E-state index in [1.807, 2.05) is 30.3 Å². The first-order valence-corrected chi connectivity index (χ1v) is 11.7. The summed E-state index contributed by atoms with van der Waals surface area (Å²) in [5.41, 5.74) is 0.951. The van der Waals surface area contributed by atoms with E-state index in [1.165, 1.54) is 38.5 Å². The van der Waals surface area contributed by atoms with Gasteiger partial charge in [-0.15, -0.1) is 0 Å². The van der Waals surface area contributed by atoms with Gasteiger partial charge in [0.15, 0.2) is 0 Å². The highest BCUT2D eigenvalue weighted by molar-refractivity contribution is 5.75. The summed E-state index contributed by atoms with van der Waals surface area (Å²) < 4.78 is 5.60. The first-order valence-electron chi connectivity index (χ1n) is 11.7. The topological polar surface area (TPSA) is 26.3 Å². The predicted molar refractivity (Wildman–Crippen MR) is 120 cm³/mol. The fourth-order valence-electron chi connectivity index (χ4n) is 4.71. The van der Waals surface area contributed by atoms with Crippen LogP contribution >= 0.6 is 0 Å². The second-order valence-electron chi connectivity index (χ2n) is 8.89. The first kappa shape index (κ1) is 21.7. The maximum atomic E-state index is 12.4. The van der Waals surface area contributed by atoms with E-state index < -0.39 is 0 Å². The molecule has 2 nitrogen and oxygen atoms in total. The highest BCUT2D eigenvalue weighted by atomic mass is 16.5. The number of hydrogen-bond acceptors (Lipinski definition) is 2.